The Hall–Kier alpha value is -7.14. The van der Waals surface area contributed by atoms with Crippen LogP contribution < -0.4 is 42.6 Å². The van der Waals surface area contributed by atoms with E-state index >= 15 is 0 Å². The second-order valence-electron chi connectivity index (χ2n) is 24.2. The second-order valence-corrected chi connectivity index (χ2v) is 25.2. The summed E-state index contributed by atoms with van der Waals surface area (Å²) >= 11 is 1.99. The number of hydrogen-bond acceptors (Lipinski definition) is 3. The number of fused-ring (bicyclic) bond motifs is 13. The molecule has 73 heavy (non-hydrogen) atoms. The number of rotatable bonds is 3. The van der Waals surface area contributed by atoms with Crippen LogP contribution in [0.3, 0.4) is 0 Å². The summed E-state index contributed by atoms with van der Waals surface area (Å²) in [5, 5.41) is 2.54. The molecule has 4 aliphatic rings. The number of anilines is 6. The molecule has 3 nitrogen and oxygen atoms in total. The second kappa shape index (κ2) is 15.4. The topological polar surface area (TPSA) is 11.4 Å². The molecule has 0 saturated carbocycles. The molecule has 0 N–H and O–H groups in total. The van der Waals surface area contributed by atoms with Crippen LogP contribution in [0.2, 0.25) is 0 Å². The fraction of sp³-hybridized carbons (Fsp3) is 0.194. The largest absolute Gasteiger partial charge is 0.312 e. The lowest BCUT2D eigenvalue weighted by Gasteiger charge is -2.51. The van der Waals surface area contributed by atoms with E-state index in [9.17, 15) is 0 Å². The van der Waals surface area contributed by atoms with Crippen LogP contribution in [0, 0.1) is 6.92 Å². The Morgan fingerprint density at radius 2 is 0.945 bits per heavy atom. The van der Waals surface area contributed by atoms with Crippen LogP contribution >= 0.6 is 11.8 Å². The minimum Gasteiger partial charge on any atom is -0.312 e. The molecule has 0 bridgehead atoms. The van der Waals surface area contributed by atoms with Gasteiger partial charge in [0.05, 0.1) is 16.7 Å². The van der Waals surface area contributed by atoms with Crippen molar-refractivity contribution >= 4 is 114 Å². The number of para-hydroxylation sites is 3. The van der Waals surface area contributed by atoms with Crippen LogP contribution in [0.1, 0.15) is 84.6 Å². The van der Waals surface area contributed by atoms with Crippen molar-refractivity contribution in [3.63, 3.8) is 0 Å². The predicted molar refractivity (Wildman–Crippen MR) is 316 cm³/mol. The van der Waals surface area contributed by atoms with E-state index in [0.717, 1.165) is 5.69 Å². The maximum atomic E-state index is 2.73. The van der Waals surface area contributed by atoms with Gasteiger partial charge in [-0.1, -0.05) is 201 Å². The van der Waals surface area contributed by atoms with Gasteiger partial charge in [-0.05, 0) is 133 Å². The highest BCUT2D eigenvalue weighted by atomic mass is 32.2. The first kappa shape index (κ1) is 44.6. The van der Waals surface area contributed by atoms with E-state index < -0.39 is 0 Å². The lowest BCUT2D eigenvalue weighted by molar-refractivity contribution is 0.590. The van der Waals surface area contributed by atoms with Gasteiger partial charge in [-0.2, -0.15) is 0 Å². The summed E-state index contributed by atoms with van der Waals surface area (Å²) in [5.41, 5.74) is 27.3. The summed E-state index contributed by atoms with van der Waals surface area (Å²) in [6, 6.07) is 68.0. The van der Waals surface area contributed by atoms with Gasteiger partial charge in [0.1, 0.15) is 0 Å². The molecular weight excluding hydrogens is 900 g/mol. The molecule has 0 radical (unpaired) electrons. The average molecular weight is 960 g/mol. The molecule has 0 atom stereocenters. The highest BCUT2D eigenvalue weighted by Crippen LogP contribution is 2.56. The summed E-state index contributed by atoms with van der Waals surface area (Å²) < 4.78 is 2.49. The third-order valence-electron chi connectivity index (χ3n) is 16.6. The molecule has 0 fully saturated rings. The van der Waals surface area contributed by atoms with Gasteiger partial charge in [0.15, 0.2) is 0 Å². The summed E-state index contributed by atoms with van der Waals surface area (Å²) in [6.45, 7) is 23.5. The van der Waals surface area contributed by atoms with Crippen molar-refractivity contribution in [2.24, 2.45) is 0 Å². The predicted octanol–water partition coefficient (Wildman–Crippen LogP) is 14.0. The molecule has 0 aliphatic carbocycles. The molecule has 1 aromatic heterocycles. The smallest absolute Gasteiger partial charge is 0.252 e. The van der Waals surface area contributed by atoms with Crippen molar-refractivity contribution < 1.29 is 0 Å². The van der Waals surface area contributed by atoms with Gasteiger partial charge in [0.25, 0.3) is 6.71 Å². The monoisotopic (exact) mass is 959 g/mol. The molecule has 9 aromatic carbocycles. The van der Waals surface area contributed by atoms with Crippen LogP contribution in [-0.4, -0.2) is 18.0 Å². The van der Waals surface area contributed by atoms with E-state index in [0.29, 0.717) is 0 Å². The van der Waals surface area contributed by atoms with Gasteiger partial charge in [0.2, 0.25) is 6.71 Å². The number of aryl methyl sites for hydroxylation is 1. The maximum Gasteiger partial charge on any atom is 0.252 e. The maximum absolute atomic E-state index is 2.73. The lowest BCUT2D eigenvalue weighted by Crippen LogP contribution is -2.68. The van der Waals surface area contributed by atoms with E-state index in [4.69, 9.17) is 0 Å². The standard InChI is InChI=1S/C67H59B2N3S/c1-40-21-14-17-27-51(40)71-53-34-31-42(66(5,6)7)38-49(53)69-50-39-43(67(8,9)10)33-36-55(50)72-54-35-32-41(65(2,3)4)37-48(54)68-47-26-16-19-30-57(47)73-64-59(62(71)60(69)63(72)61(64)68)46-25-20-29-56-58(46)45-24-15-18-28-52(45)70(56)44-22-12-11-13-23-44/h11-39H,1-10H3. The molecule has 0 amide bonds. The van der Waals surface area contributed by atoms with Crippen molar-refractivity contribution in [1.29, 1.82) is 0 Å². The number of nitrogens with zero attached hydrogens (tertiary/aromatic N) is 3. The Morgan fingerprint density at radius 1 is 0.425 bits per heavy atom. The third-order valence-corrected chi connectivity index (χ3v) is 17.8. The number of benzene rings is 9. The van der Waals surface area contributed by atoms with Crippen molar-refractivity contribution in [2.75, 3.05) is 9.80 Å². The Kier molecular flexibility index (Phi) is 9.43. The average Bonchev–Trinajstić information content (AvgIpc) is 3.73. The molecule has 6 heteroatoms. The first-order chi connectivity index (χ1) is 35.1. The number of hydrogen-bond donors (Lipinski definition) is 0. The minimum atomic E-state index is -0.0629. The highest BCUT2D eigenvalue weighted by molar-refractivity contribution is 8.00. The van der Waals surface area contributed by atoms with Gasteiger partial charge < -0.3 is 14.4 Å². The molecule has 0 unspecified atom stereocenters. The molecule has 5 heterocycles. The number of aromatic nitrogens is 1. The summed E-state index contributed by atoms with van der Waals surface area (Å²) in [6.07, 6.45) is 0. The Labute approximate surface area is 436 Å². The quantitative estimate of drug-likeness (QED) is 0.164. The first-order valence-corrected chi connectivity index (χ1v) is 27.1. The fourth-order valence-corrected chi connectivity index (χ4v) is 14.3. The van der Waals surface area contributed by atoms with Crippen molar-refractivity contribution in [3.8, 4) is 16.8 Å². The van der Waals surface area contributed by atoms with Crippen LogP contribution in [0.15, 0.2) is 186 Å². The van der Waals surface area contributed by atoms with Crippen molar-refractivity contribution in [2.45, 2.75) is 95.3 Å². The summed E-state index contributed by atoms with van der Waals surface area (Å²) in [4.78, 5) is 8.10. The lowest BCUT2D eigenvalue weighted by atomic mass is 9.29. The summed E-state index contributed by atoms with van der Waals surface area (Å²) in [7, 11) is 0. The SMILES string of the molecule is Cc1ccccc1N1c2ccc(C(C)(C)C)cc2B2c3cc(C(C)(C)C)ccc3N3c4ccc(C(C)(C)C)cc4B4c5ccccc5Sc5c4c3c2c1c5-c1cccc2c1c1ccccc1n2-c1ccccc1. The summed E-state index contributed by atoms with van der Waals surface area (Å²) in [5.74, 6) is 0. The van der Waals surface area contributed by atoms with E-state index in [1.807, 2.05) is 11.8 Å². The van der Waals surface area contributed by atoms with E-state index in [-0.39, 0.29) is 29.7 Å². The van der Waals surface area contributed by atoms with E-state index in [1.54, 1.807) is 0 Å². The Balaban J connectivity index is 1.24. The molecule has 14 rings (SSSR count). The van der Waals surface area contributed by atoms with Gasteiger partial charge >= 0.3 is 0 Å². The molecule has 4 aliphatic heterocycles. The van der Waals surface area contributed by atoms with Crippen molar-refractivity contribution in [1.82, 2.24) is 4.57 Å². The highest BCUT2D eigenvalue weighted by Gasteiger charge is 2.53. The molecular formula is C67H59B2N3S. The van der Waals surface area contributed by atoms with Gasteiger partial charge in [-0.25, -0.2) is 0 Å². The Morgan fingerprint density at radius 3 is 1.56 bits per heavy atom. The first-order valence-electron chi connectivity index (χ1n) is 26.3. The normalized spacial score (nSPS) is 14.3. The molecule has 0 spiro atoms. The zero-order chi connectivity index (χ0) is 50.0. The fourth-order valence-electron chi connectivity index (χ4n) is 13.0. The third kappa shape index (κ3) is 6.35. The van der Waals surface area contributed by atoms with Gasteiger partial charge in [-0.3, -0.25) is 0 Å². The zero-order valence-corrected chi connectivity index (χ0v) is 44.5. The van der Waals surface area contributed by atoms with Crippen molar-refractivity contribution in [3.05, 3.63) is 198 Å². The van der Waals surface area contributed by atoms with E-state index in [1.165, 1.54) is 132 Å². The van der Waals surface area contributed by atoms with Crippen LogP contribution in [0.25, 0.3) is 38.6 Å². The van der Waals surface area contributed by atoms with Gasteiger partial charge in [-0.15, -0.1) is 0 Å². The minimum absolute atomic E-state index is 0.00943. The van der Waals surface area contributed by atoms with Crippen LogP contribution in [0.5, 0.6) is 0 Å². The zero-order valence-electron chi connectivity index (χ0n) is 43.6. The van der Waals surface area contributed by atoms with Crippen LogP contribution in [0.4, 0.5) is 34.1 Å². The van der Waals surface area contributed by atoms with E-state index in [2.05, 4.69) is 260 Å². The molecule has 10 aromatic rings. The van der Waals surface area contributed by atoms with Crippen LogP contribution in [-0.2, 0) is 16.2 Å². The van der Waals surface area contributed by atoms with Gasteiger partial charge in [0, 0.05) is 60.3 Å². The molecule has 0 saturated heterocycles. The molecule has 354 valence electrons. The Bertz CT molecular complexity index is 4000.